The lowest BCUT2D eigenvalue weighted by atomic mass is 10.2. The van der Waals surface area contributed by atoms with E-state index in [2.05, 4.69) is 9.44 Å². The van der Waals surface area contributed by atoms with E-state index in [4.69, 9.17) is 11.6 Å². The van der Waals surface area contributed by atoms with Gasteiger partial charge in [-0.25, -0.2) is 16.8 Å². The fourth-order valence-corrected chi connectivity index (χ4v) is 5.36. The molecule has 3 rings (SSSR count). The van der Waals surface area contributed by atoms with Crippen LogP contribution >= 0.6 is 11.6 Å². The minimum absolute atomic E-state index is 0.0560. The monoisotopic (exact) mass is 478 g/mol. The zero-order valence-corrected chi connectivity index (χ0v) is 19.0. The first-order chi connectivity index (χ1) is 14.5. The predicted octanol–water partition coefficient (Wildman–Crippen LogP) is 4.45. The van der Waals surface area contributed by atoms with E-state index in [9.17, 15) is 21.6 Å². The third-order valence-corrected chi connectivity index (χ3v) is 7.53. The van der Waals surface area contributed by atoms with Gasteiger partial charge in [0.15, 0.2) is 5.78 Å². The van der Waals surface area contributed by atoms with Gasteiger partial charge in [0.05, 0.1) is 21.2 Å². The highest BCUT2D eigenvalue weighted by atomic mass is 35.5. The molecule has 0 unspecified atom stereocenters. The molecule has 0 radical (unpaired) electrons. The average Bonchev–Trinajstić information content (AvgIpc) is 2.69. The number of Topliss-reactive ketones (excluding diaryl/α,β-unsaturated/α-hetero) is 1. The van der Waals surface area contributed by atoms with Gasteiger partial charge in [-0.3, -0.25) is 14.2 Å². The van der Waals surface area contributed by atoms with E-state index >= 15 is 0 Å². The van der Waals surface area contributed by atoms with Gasteiger partial charge in [-0.15, -0.1) is 0 Å². The van der Waals surface area contributed by atoms with Crippen LogP contribution in [0.1, 0.15) is 22.8 Å². The van der Waals surface area contributed by atoms with E-state index < -0.39 is 20.0 Å². The molecule has 0 aromatic heterocycles. The van der Waals surface area contributed by atoms with Crippen molar-refractivity contribution in [3.8, 4) is 0 Å². The van der Waals surface area contributed by atoms with Gasteiger partial charge in [0, 0.05) is 10.6 Å². The van der Waals surface area contributed by atoms with Crippen molar-refractivity contribution in [3.05, 3.63) is 82.9 Å². The Labute approximate surface area is 186 Å². The number of carbonyl (C=O) groups excluding carboxylic acids is 1. The molecule has 0 aliphatic rings. The fraction of sp³-hybridized carbons (Fsp3) is 0.0952. The molecular weight excluding hydrogens is 460 g/mol. The summed E-state index contributed by atoms with van der Waals surface area (Å²) in [7, 11) is -7.99. The van der Waals surface area contributed by atoms with Crippen LogP contribution in [0, 0.1) is 6.92 Å². The summed E-state index contributed by atoms with van der Waals surface area (Å²) >= 11 is 5.90. The van der Waals surface area contributed by atoms with Gasteiger partial charge in [0.1, 0.15) is 0 Å². The Hall–Kier alpha value is -2.88. The van der Waals surface area contributed by atoms with Gasteiger partial charge in [-0.1, -0.05) is 35.9 Å². The highest BCUT2D eigenvalue weighted by Gasteiger charge is 2.20. The van der Waals surface area contributed by atoms with Crippen LogP contribution in [0.4, 0.5) is 11.4 Å². The summed E-state index contributed by atoms with van der Waals surface area (Å²) in [5.74, 6) is -0.183. The summed E-state index contributed by atoms with van der Waals surface area (Å²) in [6.45, 7) is 2.98. The molecule has 3 aromatic carbocycles. The lowest BCUT2D eigenvalue weighted by Crippen LogP contribution is -2.16. The first-order valence-corrected chi connectivity index (χ1v) is 12.4. The van der Waals surface area contributed by atoms with E-state index in [1.165, 1.54) is 55.5 Å². The summed E-state index contributed by atoms with van der Waals surface area (Å²) < 4.78 is 55.9. The summed E-state index contributed by atoms with van der Waals surface area (Å²) in [5, 5.41) is 0.370. The Kier molecular flexibility index (Phi) is 6.40. The number of anilines is 2. The van der Waals surface area contributed by atoms with Crippen molar-refractivity contribution < 1.29 is 21.6 Å². The molecule has 162 valence electrons. The number of benzene rings is 3. The topological polar surface area (TPSA) is 109 Å². The zero-order chi connectivity index (χ0) is 22.8. The number of hydrogen-bond donors (Lipinski definition) is 2. The summed E-state index contributed by atoms with van der Waals surface area (Å²) in [6.07, 6.45) is 0. The molecule has 0 heterocycles. The maximum Gasteiger partial charge on any atom is 0.262 e. The van der Waals surface area contributed by atoms with Crippen LogP contribution in [0.5, 0.6) is 0 Å². The molecule has 0 aliphatic carbocycles. The van der Waals surface area contributed by atoms with Crippen LogP contribution in [0.2, 0.25) is 5.02 Å². The number of halogens is 1. The second kappa shape index (κ2) is 8.70. The number of carbonyl (C=O) groups is 1. The van der Waals surface area contributed by atoms with E-state index in [0.717, 1.165) is 0 Å². The number of rotatable bonds is 7. The molecule has 0 saturated carbocycles. The van der Waals surface area contributed by atoms with Crippen molar-refractivity contribution in [2.24, 2.45) is 0 Å². The molecule has 0 spiro atoms. The molecule has 7 nitrogen and oxygen atoms in total. The number of nitrogens with one attached hydrogen (secondary N) is 2. The Balaban J connectivity index is 1.90. The molecule has 0 fully saturated rings. The summed E-state index contributed by atoms with van der Waals surface area (Å²) in [4.78, 5) is 11.2. The van der Waals surface area contributed by atoms with Gasteiger partial charge in [-0.05, 0) is 61.9 Å². The van der Waals surface area contributed by atoms with Gasteiger partial charge >= 0.3 is 0 Å². The van der Waals surface area contributed by atoms with E-state index in [-0.39, 0.29) is 26.9 Å². The fourth-order valence-electron chi connectivity index (χ4n) is 2.80. The quantitative estimate of drug-likeness (QED) is 0.487. The van der Waals surface area contributed by atoms with Gasteiger partial charge in [-0.2, -0.15) is 0 Å². The van der Waals surface area contributed by atoms with E-state index in [1.807, 2.05) is 0 Å². The molecule has 0 amide bonds. The lowest BCUT2D eigenvalue weighted by molar-refractivity contribution is 0.101. The first kappa shape index (κ1) is 22.8. The van der Waals surface area contributed by atoms with Gasteiger partial charge in [0.25, 0.3) is 20.0 Å². The number of ketones is 1. The number of hydrogen-bond acceptors (Lipinski definition) is 5. The highest BCUT2D eigenvalue weighted by molar-refractivity contribution is 7.93. The minimum atomic E-state index is -4.00. The van der Waals surface area contributed by atoms with Gasteiger partial charge < -0.3 is 0 Å². The molecule has 0 atom stereocenters. The SMILES string of the molecule is CC(=O)c1ccc(S(=O)(=O)Nc2ccc(C)c(S(=O)(=O)Nc3cccc(Cl)c3)c2)cc1. The third kappa shape index (κ3) is 5.43. The molecule has 3 aromatic rings. The van der Waals surface area contributed by atoms with Crippen molar-refractivity contribution >= 4 is 48.8 Å². The second-order valence-electron chi connectivity index (χ2n) is 6.78. The highest BCUT2D eigenvalue weighted by Crippen LogP contribution is 2.25. The summed E-state index contributed by atoms with van der Waals surface area (Å²) in [5.41, 5.74) is 1.18. The molecule has 2 N–H and O–H groups in total. The van der Waals surface area contributed by atoms with Crippen molar-refractivity contribution in [2.75, 3.05) is 9.44 Å². The minimum Gasteiger partial charge on any atom is -0.295 e. The maximum atomic E-state index is 12.9. The van der Waals surface area contributed by atoms with Crippen molar-refractivity contribution in [1.29, 1.82) is 0 Å². The Bertz CT molecular complexity index is 1350. The van der Waals surface area contributed by atoms with Crippen LogP contribution < -0.4 is 9.44 Å². The Morgan fingerprint density at radius 3 is 2.03 bits per heavy atom. The van der Waals surface area contributed by atoms with Crippen LogP contribution in [-0.2, 0) is 20.0 Å². The van der Waals surface area contributed by atoms with Crippen molar-refractivity contribution in [3.63, 3.8) is 0 Å². The average molecular weight is 479 g/mol. The molecule has 10 heteroatoms. The van der Waals surface area contributed by atoms with E-state index in [0.29, 0.717) is 16.1 Å². The number of aryl methyl sites for hydroxylation is 1. The van der Waals surface area contributed by atoms with Crippen molar-refractivity contribution in [1.82, 2.24) is 0 Å². The molecule has 31 heavy (non-hydrogen) atoms. The molecule has 0 aliphatic heterocycles. The van der Waals surface area contributed by atoms with Crippen LogP contribution in [0.3, 0.4) is 0 Å². The first-order valence-electron chi connectivity index (χ1n) is 9.01. The zero-order valence-electron chi connectivity index (χ0n) is 16.6. The van der Waals surface area contributed by atoms with Gasteiger partial charge in [0.2, 0.25) is 0 Å². The Morgan fingerprint density at radius 2 is 1.42 bits per heavy atom. The summed E-state index contributed by atoms with van der Waals surface area (Å²) in [6, 6.07) is 15.9. The largest absolute Gasteiger partial charge is 0.295 e. The van der Waals surface area contributed by atoms with Crippen LogP contribution in [-0.4, -0.2) is 22.6 Å². The third-order valence-electron chi connectivity index (χ3n) is 4.38. The van der Waals surface area contributed by atoms with Crippen LogP contribution in [0.25, 0.3) is 0 Å². The standard InChI is InChI=1S/C21H19ClN2O5S2/c1-14-6-9-19(23-30(26,27)20-10-7-16(8-11-20)15(2)25)13-21(14)31(28,29)24-18-5-3-4-17(22)12-18/h3-13,23-24H,1-2H3. The molecule has 0 saturated heterocycles. The predicted molar refractivity (Wildman–Crippen MR) is 121 cm³/mol. The molecular formula is C21H19ClN2O5S2. The van der Waals surface area contributed by atoms with Crippen LogP contribution in [0.15, 0.2) is 76.5 Å². The molecule has 0 bridgehead atoms. The van der Waals surface area contributed by atoms with Crippen molar-refractivity contribution in [2.45, 2.75) is 23.6 Å². The smallest absolute Gasteiger partial charge is 0.262 e. The normalized spacial score (nSPS) is 11.7. The maximum absolute atomic E-state index is 12.9. The second-order valence-corrected chi connectivity index (χ2v) is 10.6. The van der Waals surface area contributed by atoms with E-state index in [1.54, 1.807) is 25.1 Å². The lowest BCUT2D eigenvalue weighted by Gasteiger charge is -2.14. The number of sulfonamides is 2. The Morgan fingerprint density at radius 1 is 0.806 bits per heavy atom.